The molecule has 0 aliphatic rings. The number of rotatable bonds is 8. The van der Waals surface area contributed by atoms with Crippen molar-refractivity contribution in [2.75, 3.05) is 18.1 Å². The molecule has 5 aromatic rings. The summed E-state index contributed by atoms with van der Waals surface area (Å²) in [4.78, 5) is 21.8. The lowest BCUT2D eigenvalue weighted by Gasteiger charge is -2.13. The van der Waals surface area contributed by atoms with Gasteiger partial charge in [0.05, 0.1) is 17.9 Å². The molecule has 0 radical (unpaired) electrons. The molecule has 12 heteroatoms. The number of halogens is 1. The van der Waals surface area contributed by atoms with E-state index in [0.29, 0.717) is 28.0 Å². The molecule has 0 saturated heterocycles. The number of aromatic nitrogens is 6. The molecule has 2 aromatic carbocycles. The molecule has 3 heterocycles. The smallest absolute Gasteiger partial charge is 0.274 e. The standard InChI is InChI=1S/C26H25ClN10O/c1-15(25-35-34-22-11-10-21(36-37(22)25)32-19-5-3-4-18(27)12-19)31-26(38)23-24(28)30-14-20(33-23)17-8-6-16(7-9-17)13-29-2/h3-12,14-15,29H,13H2,1-2H3,(H2,28,30)(H,31,38)(H,32,36)/t15-/m1/s1. The van der Waals surface area contributed by atoms with Crippen LogP contribution < -0.4 is 21.7 Å². The van der Waals surface area contributed by atoms with Crippen LogP contribution in [-0.4, -0.2) is 42.7 Å². The number of benzene rings is 2. The highest BCUT2D eigenvalue weighted by Crippen LogP contribution is 2.22. The maximum Gasteiger partial charge on any atom is 0.274 e. The van der Waals surface area contributed by atoms with Crippen LogP contribution in [0.25, 0.3) is 16.9 Å². The number of hydrogen-bond acceptors (Lipinski definition) is 9. The summed E-state index contributed by atoms with van der Waals surface area (Å²) in [5.74, 6) is 0.539. The van der Waals surface area contributed by atoms with Crippen molar-refractivity contribution in [2.45, 2.75) is 19.5 Å². The molecular weight excluding hydrogens is 504 g/mol. The molecule has 1 atom stereocenters. The zero-order valence-electron chi connectivity index (χ0n) is 20.7. The van der Waals surface area contributed by atoms with Crippen molar-refractivity contribution < 1.29 is 4.79 Å². The average Bonchev–Trinajstić information content (AvgIpc) is 3.33. The second kappa shape index (κ2) is 10.8. The second-order valence-electron chi connectivity index (χ2n) is 8.59. The number of carbonyl (C=O) groups excluding carboxylic acids is 1. The van der Waals surface area contributed by atoms with Crippen LogP contribution in [-0.2, 0) is 6.54 Å². The summed E-state index contributed by atoms with van der Waals surface area (Å²) in [7, 11) is 1.89. The van der Waals surface area contributed by atoms with Crippen LogP contribution in [0.5, 0.6) is 0 Å². The quantitative estimate of drug-likeness (QED) is 0.236. The van der Waals surface area contributed by atoms with E-state index in [0.717, 1.165) is 23.4 Å². The summed E-state index contributed by atoms with van der Waals surface area (Å²) in [6.07, 6.45) is 1.55. The van der Waals surface area contributed by atoms with Crippen molar-refractivity contribution in [1.82, 2.24) is 40.4 Å². The Labute approximate surface area is 223 Å². The highest BCUT2D eigenvalue weighted by Gasteiger charge is 2.21. The van der Waals surface area contributed by atoms with E-state index < -0.39 is 11.9 Å². The fourth-order valence-electron chi connectivity index (χ4n) is 3.89. The highest BCUT2D eigenvalue weighted by molar-refractivity contribution is 6.30. The van der Waals surface area contributed by atoms with E-state index in [2.05, 4.69) is 41.2 Å². The van der Waals surface area contributed by atoms with E-state index in [1.54, 1.807) is 41.9 Å². The van der Waals surface area contributed by atoms with Crippen LogP contribution in [0, 0.1) is 0 Å². The Morgan fingerprint density at radius 1 is 1.11 bits per heavy atom. The lowest BCUT2D eigenvalue weighted by atomic mass is 10.1. The Kier molecular flexibility index (Phi) is 7.11. The summed E-state index contributed by atoms with van der Waals surface area (Å²) in [5.41, 5.74) is 9.85. The fourth-order valence-corrected chi connectivity index (χ4v) is 4.08. The zero-order chi connectivity index (χ0) is 26.6. The van der Waals surface area contributed by atoms with Crippen LogP contribution in [0.2, 0.25) is 5.02 Å². The van der Waals surface area contributed by atoms with Gasteiger partial charge >= 0.3 is 0 Å². The Bertz CT molecular complexity index is 1600. The molecule has 5 rings (SSSR count). The first-order chi connectivity index (χ1) is 18.4. The van der Waals surface area contributed by atoms with Gasteiger partial charge in [-0.15, -0.1) is 15.3 Å². The molecule has 0 bridgehead atoms. The number of carbonyl (C=O) groups is 1. The van der Waals surface area contributed by atoms with Crippen LogP contribution >= 0.6 is 11.6 Å². The van der Waals surface area contributed by atoms with Crippen LogP contribution in [0.4, 0.5) is 17.3 Å². The topological polar surface area (TPSA) is 148 Å². The van der Waals surface area contributed by atoms with Gasteiger partial charge in [-0.3, -0.25) is 4.79 Å². The number of fused-ring (bicyclic) bond motifs is 1. The molecule has 0 fully saturated rings. The zero-order valence-corrected chi connectivity index (χ0v) is 21.4. The third kappa shape index (κ3) is 5.38. The lowest BCUT2D eigenvalue weighted by Crippen LogP contribution is -2.30. The molecule has 5 N–H and O–H groups in total. The van der Waals surface area contributed by atoms with E-state index in [1.807, 2.05) is 43.4 Å². The van der Waals surface area contributed by atoms with Crippen molar-refractivity contribution in [3.05, 3.63) is 89.0 Å². The molecule has 0 spiro atoms. The highest BCUT2D eigenvalue weighted by atomic mass is 35.5. The molecule has 0 aliphatic heterocycles. The van der Waals surface area contributed by atoms with E-state index in [9.17, 15) is 4.79 Å². The monoisotopic (exact) mass is 528 g/mol. The minimum absolute atomic E-state index is 0.0266. The van der Waals surface area contributed by atoms with Crippen molar-refractivity contribution in [1.29, 1.82) is 0 Å². The second-order valence-corrected chi connectivity index (χ2v) is 9.03. The maximum absolute atomic E-state index is 13.2. The average molecular weight is 529 g/mol. The third-order valence-electron chi connectivity index (χ3n) is 5.77. The van der Waals surface area contributed by atoms with Gasteiger partial charge in [0.15, 0.2) is 28.8 Å². The number of nitrogens with zero attached hydrogens (tertiary/aromatic N) is 6. The number of nitrogens with one attached hydrogen (secondary N) is 3. The van der Waals surface area contributed by atoms with Crippen LogP contribution in [0.15, 0.2) is 66.9 Å². The SMILES string of the molecule is CNCc1ccc(-c2cnc(N)c(C(=O)N[C@H](C)c3nnc4ccc(Nc5cccc(Cl)c5)nn34)n2)cc1. The van der Waals surface area contributed by atoms with Gasteiger partial charge in [-0.25, -0.2) is 9.97 Å². The molecule has 38 heavy (non-hydrogen) atoms. The first kappa shape index (κ1) is 25.1. The van der Waals surface area contributed by atoms with Crippen LogP contribution in [0.1, 0.15) is 34.8 Å². The van der Waals surface area contributed by atoms with Gasteiger partial charge in [0.25, 0.3) is 5.91 Å². The van der Waals surface area contributed by atoms with E-state index in [4.69, 9.17) is 17.3 Å². The van der Waals surface area contributed by atoms with E-state index in [-0.39, 0.29) is 11.5 Å². The van der Waals surface area contributed by atoms with E-state index >= 15 is 0 Å². The largest absolute Gasteiger partial charge is 0.382 e. The van der Waals surface area contributed by atoms with E-state index in [1.165, 1.54) is 0 Å². The molecule has 3 aromatic heterocycles. The van der Waals surface area contributed by atoms with Crippen molar-refractivity contribution in [2.24, 2.45) is 0 Å². The molecular formula is C26H25ClN10O. The fraction of sp³-hybridized carbons (Fsp3) is 0.154. The third-order valence-corrected chi connectivity index (χ3v) is 6.00. The normalized spacial score (nSPS) is 11.9. The molecule has 1 amide bonds. The first-order valence-electron chi connectivity index (χ1n) is 11.8. The Balaban J connectivity index is 1.36. The predicted molar refractivity (Wildman–Crippen MR) is 146 cm³/mol. The first-order valence-corrected chi connectivity index (χ1v) is 12.2. The summed E-state index contributed by atoms with van der Waals surface area (Å²) < 4.78 is 1.57. The molecule has 0 saturated carbocycles. The van der Waals surface area contributed by atoms with Gasteiger partial charge in [-0.1, -0.05) is 41.9 Å². The van der Waals surface area contributed by atoms with Gasteiger partial charge in [0.2, 0.25) is 0 Å². The summed E-state index contributed by atoms with van der Waals surface area (Å²) >= 11 is 6.08. The number of hydrogen-bond donors (Lipinski definition) is 4. The molecule has 11 nitrogen and oxygen atoms in total. The Morgan fingerprint density at radius 2 is 1.92 bits per heavy atom. The Hall–Kier alpha value is -4.61. The van der Waals surface area contributed by atoms with Crippen LogP contribution in [0.3, 0.4) is 0 Å². The van der Waals surface area contributed by atoms with Crippen molar-refractivity contribution >= 4 is 40.5 Å². The van der Waals surface area contributed by atoms with Gasteiger partial charge in [-0.05, 0) is 49.9 Å². The van der Waals surface area contributed by atoms with Gasteiger partial charge in [0, 0.05) is 22.8 Å². The van der Waals surface area contributed by atoms with Gasteiger partial charge < -0.3 is 21.7 Å². The van der Waals surface area contributed by atoms with Crippen molar-refractivity contribution in [3.8, 4) is 11.3 Å². The van der Waals surface area contributed by atoms with Gasteiger partial charge in [0.1, 0.15) is 0 Å². The van der Waals surface area contributed by atoms with Gasteiger partial charge in [-0.2, -0.15) is 4.52 Å². The Morgan fingerprint density at radius 3 is 2.68 bits per heavy atom. The number of nitrogens with two attached hydrogens (primary N) is 1. The summed E-state index contributed by atoms with van der Waals surface area (Å²) in [6.45, 7) is 2.53. The minimum atomic E-state index is -0.558. The molecule has 192 valence electrons. The maximum atomic E-state index is 13.2. The summed E-state index contributed by atoms with van der Waals surface area (Å²) in [5, 5.41) is 22.8. The number of amides is 1. The predicted octanol–water partition coefficient (Wildman–Crippen LogP) is 3.77. The number of anilines is 3. The number of nitrogen functional groups attached to an aromatic ring is 1. The van der Waals surface area contributed by atoms with Crippen molar-refractivity contribution in [3.63, 3.8) is 0 Å². The lowest BCUT2D eigenvalue weighted by molar-refractivity contribution is 0.0933. The summed E-state index contributed by atoms with van der Waals surface area (Å²) in [6, 6.07) is 18.1. The molecule has 0 unspecified atom stereocenters. The minimum Gasteiger partial charge on any atom is -0.382 e. The molecule has 0 aliphatic carbocycles.